The average molecular weight is 507 g/mol. The summed E-state index contributed by atoms with van der Waals surface area (Å²) in [5.74, 6) is 0.308. The zero-order chi connectivity index (χ0) is 22.2. The van der Waals surface area contributed by atoms with Crippen molar-refractivity contribution in [2.45, 2.75) is 0 Å². The van der Waals surface area contributed by atoms with E-state index >= 15 is 0 Å². The van der Waals surface area contributed by atoms with Gasteiger partial charge >= 0.3 is 0 Å². The molecule has 0 saturated carbocycles. The molecule has 0 spiro atoms. The lowest BCUT2D eigenvalue weighted by Gasteiger charge is -2.10. The molecule has 1 amide bonds. The van der Waals surface area contributed by atoms with Gasteiger partial charge in [0.05, 0.1) is 11.9 Å². The number of hydrogen-bond donors (Lipinski definition) is 2. The lowest BCUT2D eigenvalue weighted by atomic mass is 10.2. The number of carbonyl (C=O) groups excluding carboxylic acids is 1. The van der Waals surface area contributed by atoms with Crippen LogP contribution >= 0.6 is 27.3 Å². The number of anilines is 2. The Morgan fingerprint density at radius 1 is 1.06 bits per heavy atom. The van der Waals surface area contributed by atoms with Crippen molar-refractivity contribution in [2.24, 2.45) is 5.10 Å². The van der Waals surface area contributed by atoms with Gasteiger partial charge in [-0.15, -0.1) is 11.3 Å². The fourth-order valence-corrected chi connectivity index (χ4v) is 3.88. The monoisotopic (exact) mass is 506 g/mol. The summed E-state index contributed by atoms with van der Waals surface area (Å²) < 4.78 is 6.60. The van der Waals surface area contributed by atoms with Crippen molar-refractivity contribution >= 4 is 50.2 Å². The van der Waals surface area contributed by atoms with E-state index in [0.29, 0.717) is 10.9 Å². The molecule has 4 rings (SSSR count). The predicted molar refractivity (Wildman–Crippen MR) is 133 cm³/mol. The molecule has 0 aliphatic heterocycles. The number of benzene rings is 3. The minimum Gasteiger partial charge on any atom is -0.483 e. The maximum Gasteiger partial charge on any atom is 0.262 e. The average Bonchev–Trinajstić information content (AvgIpc) is 3.29. The molecule has 0 aliphatic carbocycles. The zero-order valence-electron chi connectivity index (χ0n) is 16.9. The third-order valence-corrected chi connectivity index (χ3v) is 5.57. The molecular weight excluding hydrogens is 488 g/mol. The molecule has 0 fully saturated rings. The van der Waals surface area contributed by atoms with E-state index in [4.69, 9.17) is 4.74 Å². The molecule has 1 aromatic heterocycles. The molecule has 0 aliphatic rings. The second-order valence-corrected chi connectivity index (χ2v) is 8.43. The maximum atomic E-state index is 12.2. The number of halogens is 1. The van der Waals surface area contributed by atoms with Crippen LogP contribution in [0.5, 0.6) is 5.75 Å². The van der Waals surface area contributed by atoms with Gasteiger partial charge in [-0.05, 0) is 30.3 Å². The topological polar surface area (TPSA) is 75.6 Å². The van der Waals surface area contributed by atoms with Crippen LogP contribution in [0.1, 0.15) is 5.56 Å². The van der Waals surface area contributed by atoms with Crippen molar-refractivity contribution in [3.05, 3.63) is 94.3 Å². The quantitative estimate of drug-likeness (QED) is 0.225. The van der Waals surface area contributed by atoms with E-state index in [0.717, 1.165) is 27.0 Å². The highest BCUT2D eigenvalue weighted by molar-refractivity contribution is 9.10. The van der Waals surface area contributed by atoms with Crippen LogP contribution in [0.25, 0.3) is 11.3 Å². The largest absolute Gasteiger partial charge is 0.483 e. The van der Waals surface area contributed by atoms with Crippen LogP contribution in [0.15, 0.2) is 93.8 Å². The number of rotatable bonds is 8. The number of carbonyl (C=O) groups is 1. The minimum absolute atomic E-state index is 0.113. The number of hydrogen-bond acceptors (Lipinski definition) is 6. The van der Waals surface area contributed by atoms with Gasteiger partial charge in [0.1, 0.15) is 5.75 Å². The first kappa shape index (κ1) is 21.7. The van der Waals surface area contributed by atoms with Crippen molar-refractivity contribution in [1.82, 2.24) is 4.98 Å². The van der Waals surface area contributed by atoms with Gasteiger partial charge in [-0.1, -0.05) is 64.5 Å². The normalized spacial score (nSPS) is 10.8. The van der Waals surface area contributed by atoms with Crippen LogP contribution in [0, 0.1) is 0 Å². The summed E-state index contributed by atoms with van der Waals surface area (Å²) in [7, 11) is 0. The van der Waals surface area contributed by atoms with Crippen LogP contribution in [0.4, 0.5) is 10.8 Å². The second-order valence-electron chi connectivity index (χ2n) is 6.66. The van der Waals surface area contributed by atoms with Crippen molar-refractivity contribution in [1.29, 1.82) is 0 Å². The summed E-state index contributed by atoms with van der Waals surface area (Å²) in [6, 6.07) is 24.7. The first-order valence-corrected chi connectivity index (χ1v) is 11.4. The Morgan fingerprint density at radius 3 is 2.59 bits per heavy atom. The SMILES string of the molecule is O=C(COc1ccc(Br)cc1C=NNc1nc(-c2ccccc2)cs1)Nc1ccccc1. The lowest BCUT2D eigenvalue weighted by Crippen LogP contribution is -2.20. The fraction of sp³-hybridized carbons (Fsp3) is 0.0417. The molecule has 0 saturated heterocycles. The van der Waals surface area contributed by atoms with Crippen molar-refractivity contribution in [3.63, 3.8) is 0 Å². The highest BCUT2D eigenvalue weighted by atomic mass is 79.9. The molecule has 2 N–H and O–H groups in total. The molecule has 8 heteroatoms. The summed E-state index contributed by atoms with van der Waals surface area (Å²) in [4.78, 5) is 16.7. The number of ether oxygens (including phenoxy) is 1. The van der Waals surface area contributed by atoms with Gasteiger partial charge in [-0.3, -0.25) is 10.2 Å². The Labute approximate surface area is 198 Å². The van der Waals surface area contributed by atoms with Crippen LogP contribution in [-0.2, 0) is 4.79 Å². The van der Waals surface area contributed by atoms with Crippen molar-refractivity contribution < 1.29 is 9.53 Å². The van der Waals surface area contributed by atoms with Crippen molar-refractivity contribution in [3.8, 4) is 17.0 Å². The van der Waals surface area contributed by atoms with Crippen LogP contribution in [0.3, 0.4) is 0 Å². The van der Waals surface area contributed by atoms with Crippen LogP contribution < -0.4 is 15.5 Å². The number of nitrogens with one attached hydrogen (secondary N) is 2. The number of amides is 1. The van der Waals surface area contributed by atoms with E-state index < -0.39 is 0 Å². The molecule has 0 atom stereocenters. The summed E-state index contributed by atoms with van der Waals surface area (Å²) in [6.07, 6.45) is 1.64. The summed E-state index contributed by atoms with van der Waals surface area (Å²) in [6.45, 7) is -0.113. The van der Waals surface area contributed by atoms with E-state index in [-0.39, 0.29) is 12.5 Å². The van der Waals surface area contributed by atoms with Gasteiger partial charge in [0, 0.05) is 26.7 Å². The lowest BCUT2D eigenvalue weighted by molar-refractivity contribution is -0.118. The van der Waals surface area contributed by atoms with Gasteiger partial charge in [-0.25, -0.2) is 4.98 Å². The van der Waals surface area contributed by atoms with E-state index in [1.807, 2.05) is 78.2 Å². The Balaban J connectivity index is 1.38. The zero-order valence-corrected chi connectivity index (χ0v) is 19.3. The first-order valence-electron chi connectivity index (χ1n) is 9.75. The van der Waals surface area contributed by atoms with E-state index in [2.05, 4.69) is 36.8 Å². The Hall–Kier alpha value is -3.49. The molecule has 6 nitrogen and oxygen atoms in total. The number of para-hydroxylation sites is 1. The molecular formula is C24H19BrN4O2S. The van der Waals surface area contributed by atoms with Crippen LogP contribution in [-0.4, -0.2) is 23.7 Å². The van der Waals surface area contributed by atoms with Gasteiger partial charge in [0.2, 0.25) is 5.13 Å². The molecule has 160 valence electrons. The smallest absolute Gasteiger partial charge is 0.262 e. The van der Waals surface area contributed by atoms with E-state index in [1.165, 1.54) is 11.3 Å². The second kappa shape index (κ2) is 10.7. The number of aromatic nitrogens is 1. The summed E-state index contributed by atoms with van der Waals surface area (Å²) in [5.41, 5.74) is 6.34. The standard InChI is InChI=1S/C24H19BrN4O2S/c25-19-11-12-22(31-15-23(30)27-20-9-5-2-6-10-20)18(13-19)14-26-29-24-28-21(16-32-24)17-7-3-1-4-8-17/h1-14,16H,15H2,(H,27,30)(H,28,29). The van der Waals surface area contributed by atoms with E-state index in [1.54, 1.807) is 12.3 Å². The molecule has 1 heterocycles. The summed E-state index contributed by atoms with van der Waals surface area (Å²) in [5, 5.41) is 9.74. The fourth-order valence-electron chi connectivity index (χ4n) is 2.84. The number of nitrogens with zero attached hydrogens (tertiary/aromatic N) is 2. The maximum absolute atomic E-state index is 12.2. The molecule has 0 bridgehead atoms. The minimum atomic E-state index is -0.239. The highest BCUT2D eigenvalue weighted by Crippen LogP contribution is 2.25. The highest BCUT2D eigenvalue weighted by Gasteiger charge is 2.08. The number of thiazole rings is 1. The summed E-state index contributed by atoms with van der Waals surface area (Å²) >= 11 is 4.93. The Morgan fingerprint density at radius 2 is 1.81 bits per heavy atom. The first-order chi connectivity index (χ1) is 15.7. The third-order valence-electron chi connectivity index (χ3n) is 4.33. The van der Waals surface area contributed by atoms with Crippen molar-refractivity contribution in [2.75, 3.05) is 17.3 Å². The molecule has 4 aromatic rings. The van der Waals surface area contributed by atoms with E-state index in [9.17, 15) is 4.79 Å². The molecule has 3 aromatic carbocycles. The molecule has 0 radical (unpaired) electrons. The van der Waals surface area contributed by atoms with Crippen LogP contribution in [0.2, 0.25) is 0 Å². The van der Waals surface area contributed by atoms with Gasteiger partial charge < -0.3 is 10.1 Å². The molecule has 0 unspecified atom stereocenters. The third kappa shape index (κ3) is 6.03. The number of hydrazone groups is 1. The van der Waals surface area contributed by atoms with Gasteiger partial charge in [0.15, 0.2) is 6.61 Å². The predicted octanol–water partition coefficient (Wildman–Crippen LogP) is 6.04. The Kier molecular flexibility index (Phi) is 7.27. The molecule has 32 heavy (non-hydrogen) atoms. The van der Waals surface area contributed by atoms with Gasteiger partial charge in [-0.2, -0.15) is 5.10 Å². The van der Waals surface area contributed by atoms with Gasteiger partial charge in [0.25, 0.3) is 5.91 Å². The Bertz CT molecular complexity index is 1210.